The van der Waals surface area contributed by atoms with Crippen LogP contribution in [-0.4, -0.2) is 4.98 Å². The zero-order valence-electron chi connectivity index (χ0n) is 12.8. The molecule has 4 rings (SSSR count). The van der Waals surface area contributed by atoms with Gasteiger partial charge in [-0.25, -0.2) is 4.98 Å². The van der Waals surface area contributed by atoms with Crippen molar-refractivity contribution in [2.45, 2.75) is 0 Å². The highest BCUT2D eigenvalue weighted by atomic mass is 32.1. The SMILES string of the molecule is c1ccc(Nc2ccc(N=Nc3nc4ccccc4s3)cc2)cc1. The third kappa shape index (κ3) is 3.31. The zero-order chi connectivity index (χ0) is 16.2. The number of nitrogens with one attached hydrogen (secondary N) is 1. The second-order valence-electron chi connectivity index (χ2n) is 5.20. The van der Waals surface area contributed by atoms with Crippen LogP contribution < -0.4 is 5.32 Å². The van der Waals surface area contributed by atoms with Crippen LogP contribution in [0.25, 0.3) is 10.2 Å². The van der Waals surface area contributed by atoms with Crippen molar-refractivity contribution in [1.82, 2.24) is 4.98 Å². The van der Waals surface area contributed by atoms with Crippen molar-refractivity contribution < 1.29 is 0 Å². The van der Waals surface area contributed by atoms with E-state index in [9.17, 15) is 0 Å². The van der Waals surface area contributed by atoms with Crippen LogP contribution in [0.2, 0.25) is 0 Å². The highest BCUT2D eigenvalue weighted by Gasteiger charge is 2.01. The lowest BCUT2D eigenvalue weighted by Gasteiger charge is -2.05. The molecule has 0 saturated carbocycles. The van der Waals surface area contributed by atoms with Crippen LogP contribution in [0.4, 0.5) is 22.2 Å². The van der Waals surface area contributed by atoms with Gasteiger partial charge in [-0.1, -0.05) is 41.7 Å². The minimum Gasteiger partial charge on any atom is -0.356 e. The number of azo groups is 1. The molecule has 4 aromatic rings. The summed E-state index contributed by atoms with van der Waals surface area (Å²) in [5.74, 6) is 0. The molecule has 116 valence electrons. The van der Waals surface area contributed by atoms with E-state index >= 15 is 0 Å². The number of para-hydroxylation sites is 2. The molecule has 0 aliphatic rings. The highest BCUT2D eigenvalue weighted by molar-refractivity contribution is 7.21. The van der Waals surface area contributed by atoms with Crippen molar-refractivity contribution >= 4 is 43.7 Å². The minimum absolute atomic E-state index is 0.669. The number of rotatable bonds is 4. The molecule has 0 aliphatic heterocycles. The molecule has 0 aliphatic carbocycles. The summed E-state index contributed by atoms with van der Waals surface area (Å²) >= 11 is 1.54. The molecule has 0 fully saturated rings. The fourth-order valence-electron chi connectivity index (χ4n) is 2.30. The van der Waals surface area contributed by atoms with Crippen LogP contribution in [0.5, 0.6) is 0 Å². The summed E-state index contributed by atoms with van der Waals surface area (Å²) in [6, 6.07) is 25.9. The quantitative estimate of drug-likeness (QED) is 0.437. The van der Waals surface area contributed by atoms with Crippen LogP contribution in [0.1, 0.15) is 0 Å². The van der Waals surface area contributed by atoms with Crippen molar-refractivity contribution in [2.75, 3.05) is 5.32 Å². The Bertz CT molecular complexity index is 942. The fraction of sp³-hybridized carbons (Fsp3) is 0. The van der Waals surface area contributed by atoms with Gasteiger partial charge in [0.25, 0.3) is 0 Å². The summed E-state index contributed by atoms with van der Waals surface area (Å²) in [5.41, 5.74) is 3.83. The Balaban J connectivity index is 1.48. The first-order valence-corrected chi connectivity index (χ1v) is 8.38. The van der Waals surface area contributed by atoms with Crippen molar-refractivity contribution in [3.05, 3.63) is 78.9 Å². The number of nitrogens with zero attached hydrogens (tertiary/aromatic N) is 3. The van der Waals surface area contributed by atoms with Gasteiger partial charge in [-0.3, -0.25) is 0 Å². The molecule has 0 atom stereocenters. The molecule has 5 heteroatoms. The molecule has 1 N–H and O–H groups in total. The number of fused-ring (bicyclic) bond motifs is 1. The average molecular weight is 330 g/mol. The average Bonchev–Trinajstić information content (AvgIpc) is 3.05. The van der Waals surface area contributed by atoms with Gasteiger partial charge in [-0.05, 0) is 48.5 Å². The summed E-state index contributed by atoms with van der Waals surface area (Å²) in [6.07, 6.45) is 0. The van der Waals surface area contributed by atoms with Gasteiger partial charge in [0.15, 0.2) is 0 Å². The van der Waals surface area contributed by atoms with Crippen LogP contribution in [0.3, 0.4) is 0 Å². The Morgan fingerprint density at radius 3 is 2.21 bits per heavy atom. The van der Waals surface area contributed by atoms with E-state index in [-0.39, 0.29) is 0 Å². The number of anilines is 2. The van der Waals surface area contributed by atoms with Crippen LogP contribution >= 0.6 is 11.3 Å². The predicted octanol–water partition coefficient (Wildman–Crippen LogP) is 6.46. The largest absolute Gasteiger partial charge is 0.356 e. The Kier molecular flexibility index (Phi) is 4.00. The number of aromatic nitrogens is 1. The van der Waals surface area contributed by atoms with E-state index in [1.54, 1.807) is 0 Å². The lowest BCUT2D eigenvalue weighted by molar-refractivity contribution is 1.21. The van der Waals surface area contributed by atoms with E-state index in [2.05, 4.69) is 20.5 Å². The van der Waals surface area contributed by atoms with E-state index in [0.717, 1.165) is 27.3 Å². The Morgan fingerprint density at radius 1 is 0.708 bits per heavy atom. The van der Waals surface area contributed by atoms with Crippen molar-refractivity contribution in [2.24, 2.45) is 10.2 Å². The fourth-order valence-corrected chi connectivity index (χ4v) is 3.09. The molecule has 0 radical (unpaired) electrons. The number of thiazole rings is 1. The third-order valence-corrected chi connectivity index (χ3v) is 4.38. The Morgan fingerprint density at radius 2 is 1.42 bits per heavy atom. The maximum absolute atomic E-state index is 4.45. The molecule has 1 heterocycles. The number of hydrogen-bond acceptors (Lipinski definition) is 5. The molecule has 0 amide bonds. The first-order valence-electron chi connectivity index (χ1n) is 7.56. The standard InChI is InChI=1S/C19H14N4S/c1-2-6-14(7-3-1)20-15-10-12-16(13-11-15)22-23-19-21-17-8-4-5-9-18(17)24-19/h1-13,20H. The molecule has 1 aromatic heterocycles. The van der Waals surface area contributed by atoms with E-state index in [4.69, 9.17) is 0 Å². The number of benzene rings is 3. The molecule has 3 aromatic carbocycles. The van der Waals surface area contributed by atoms with E-state index in [1.165, 1.54) is 11.3 Å². The lowest BCUT2D eigenvalue weighted by Crippen LogP contribution is -1.88. The summed E-state index contributed by atoms with van der Waals surface area (Å²) in [4.78, 5) is 4.45. The maximum atomic E-state index is 4.45. The van der Waals surface area contributed by atoms with Gasteiger partial charge < -0.3 is 5.32 Å². The molecular weight excluding hydrogens is 316 g/mol. The van der Waals surface area contributed by atoms with Crippen molar-refractivity contribution in [3.8, 4) is 0 Å². The van der Waals surface area contributed by atoms with Crippen LogP contribution in [0, 0.1) is 0 Å². The predicted molar refractivity (Wildman–Crippen MR) is 100.0 cm³/mol. The normalized spacial score (nSPS) is 11.2. The van der Waals surface area contributed by atoms with E-state index in [1.807, 2.05) is 78.9 Å². The van der Waals surface area contributed by atoms with Gasteiger partial charge in [0.2, 0.25) is 5.13 Å². The summed E-state index contributed by atoms with van der Waals surface area (Å²) in [6.45, 7) is 0. The topological polar surface area (TPSA) is 49.6 Å². The van der Waals surface area contributed by atoms with Gasteiger partial charge in [-0.15, -0.1) is 10.2 Å². The van der Waals surface area contributed by atoms with Crippen LogP contribution in [0.15, 0.2) is 89.1 Å². The molecule has 0 bridgehead atoms. The van der Waals surface area contributed by atoms with Gasteiger partial charge in [0.1, 0.15) is 0 Å². The smallest absolute Gasteiger partial charge is 0.231 e. The maximum Gasteiger partial charge on any atom is 0.231 e. The molecular formula is C19H14N4S. The van der Waals surface area contributed by atoms with E-state index < -0.39 is 0 Å². The van der Waals surface area contributed by atoms with Crippen LogP contribution in [-0.2, 0) is 0 Å². The zero-order valence-corrected chi connectivity index (χ0v) is 13.6. The molecule has 0 unspecified atom stereocenters. The second-order valence-corrected chi connectivity index (χ2v) is 6.21. The molecule has 24 heavy (non-hydrogen) atoms. The van der Waals surface area contributed by atoms with Gasteiger partial charge in [-0.2, -0.15) is 0 Å². The van der Waals surface area contributed by atoms with Crippen molar-refractivity contribution in [1.29, 1.82) is 0 Å². The Hall–Kier alpha value is -3.05. The minimum atomic E-state index is 0.669. The van der Waals surface area contributed by atoms with Gasteiger partial charge >= 0.3 is 0 Å². The molecule has 0 spiro atoms. The monoisotopic (exact) mass is 330 g/mol. The molecule has 4 nitrogen and oxygen atoms in total. The van der Waals surface area contributed by atoms with Crippen molar-refractivity contribution in [3.63, 3.8) is 0 Å². The number of hydrogen-bond donors (Lipinski definition) is 1. The lowest BCUT2D eigenvalue weighted by atomic mass is 10.2. The van der Waals surface area contributed by atoms with E-state index in [0.29, 0.717) is 5.13 Å². The third-order valence-electron chi connectivity index (χ3n) is 3.46. The Labute approximate surface area is 143 Å². The van der Waals surface area contributed by atoms with Gasteiger partial charge in [0.05, 0.1) is 15.9 Å². The highest BCUT2D eigenvalue weighted by Crippen LogP contribution is 2.29. The first-order chi connectivity index (χ1) is 11.9. The van der Waals surface area contributed by atoms with Gasteiger partial charge in [0, 0.05) is 11.4 Å². The first kappa shape index (κ1) is 14.5. The second kappa shape index (κ2) is 6.60. The molecule has 0 saturated heterocycles. The summed E-state index contributed by atoms with van der Waals surface area (Å²) in [7, 11) is 0. The summed E-state index contributed by atoms with van der Waals surface area (Å²) < 4.78 is 1.12. The summed E-state index contributed by atoms with van der Waals surface area (Å²) in [5, 5.41) is 12.5.